The van der Waals surface area contributed by atoms with Gasteiger partial charge in [0.25, 0.3) is 5.91 Å². The standard InChI is InChI=1S/C24H15BrFN5O2S/c25-18-11-14(7-8-20(18)33-13-16-4-1-2-6-19(16)26)10-17-21(27)31-24(29-22(17)32)34-23(30-31)15-5-3-9-28-12-15/h1-12,27H,13H2. The van der Waals surface area contributed by atoms with Crippen LogP contribution in [0.5, 0.6) is 5.75 Å². The molecule has 0 radical (unpaired) electrons. The summed E-state index contributed by atoms with van der Waals surface area (Å²) in [5.74, 6) is -0.374. The maximum atomic E-state index is 13.8. The number of thioether (sulfide) groups is 1. The number of hydrogen-bond acceptors (Lipinski definition) is 6. The summed E-state index contributed by atoms with van der Waals surface area (Å²) in [5.41, 5.74) is 2.02. The number of hydrazone groups is 1. The largest absolute Gasteiger partial charge is 0.488 e. The van der Waals surface area contributed by atoms with Crippen molar-refractivity contribution in [3.05, 3.63) is 99.5 Å². The van der Waals surface area contributed by atoms with Crippen LogP contribution in [0.2, 0.25) is 0 Å². The van der Waals surface area contributed by atoms with Crippen LogP contribution < -0.4 is 4.74 Å². The summed E-state index contributed by atoms with van der Waals surface area (Å²) in [6, 6.07) is 15.3. The van der Waals surface area contributed by atoms with Gasteiger partial charge in [0.2, 0.25) is 5.17 Å². The second-order valence-corrected chi connectivity index (χ2v) is 9.05. The number of fused-ring (bicyclic) bond motifs is 1. The number of aliphatic imine (C=N–C) groups is 1. The Hall–Kier alpha value is -3.63. The highest BCUT2D eigenvalue weighted by Gasteiger charge is 2.36. The molecule has 168 valence electrons. The first-order chi connectivity index (χ1) is 16.5. The molecule has 0 aliphatic carbocycles. The number of hydrogen-bond donors (Lipinski definition) is 1. The van der Waals surface area contributed by atoms with Crippen molar-refractivity contribution in [2.45, 2.75) is 6.61 Å². The van der Waals surface area contributed by atoms with E-state index >= 15 is 0 Å². The minimum absolute atomic E-state index is 0.0580. The Labute approximate surface area is 206 Å². The Morgan fingerprint density at radius 2 is 2.03 bits per heavy atom. The molecule has 3 aromatic rings. The SMILES string of the molecule is N=C1C(=Cc2ccc(OCc3ccccc3F)c(Br)c2)C(=O)N=C2SC(c3cccnc3)=NN12. The molecule has 2 aliphatic heterocycles. The van der Waals surface area contributed by atoms with Gasteiger partial charge in [-0.3, -0.25) is 15.2 Å². The number of amides is 1. The summed E-state index contributed by atoms with van der Waals surface area (Å²) in [6.45, 7) is 0.0796. The molecule has 0 unspecified atom stereocenters. The first-order valence-corrected chi connectivity index (χ1v) is 11.7. The molecular formula is C24H15BrFN5O2S. The molecule has 0 fully saturated rings. The Bertz CT molecular complexity index is 1410. The third kappa shape index (κ3) is 4.42. The monoisotopic (exact) mass is 535 g/mol. The second-order valence-electron chi connectivity index (χ2n) is 7.24. The fourth-order valence-electron chi connectivity index (χ4n) is 3.26. The lowest BCUT2D eigenvalue weighted by molar-refractivity contribution is -0.114. The van der Waals surface area contributed by atoms with E-state index < -0.39 is 5.91 Å². The van der Waals surface area contributed by atoms with Crippen molar-refractivity contribution < 1.29 is 13.9 Å². The molecule has 1 N–H and O–H groups in total. The number of rotatable bonds is 5. The summed E-state index contributed by atoms with van der Waals surface area (Å²) in [6.07, 6.45) is 4.91. The van der Waals surface area contributed by atoms with Crippen LogP contribution in [-0.4, -0.2) is 31.9 Å². The van der Waals surface area contributed by atoms with E-state index in [0.29, 0.717) is 31.6 Å². The topological polar surface area (TPSA) is 91.0 Å². The number of nitrogens with one attached hydrogen (secondary N) is 1. The maximum Gasteiger partial charge on any atom is 0.283 e. The van der Waals surface area contributed by atoms with Crippen LogP contribution in [0, 0.1) is 11.2 Å². The van der Waals surface area contributed by atoms with Gasteiger partial charge in [-0.15, -0.1) is 0 Å². The van der Waals surface area contributed by atoms with Crippen molar-refractivity contribution in [2.24, 2.45) is 10.1 Å². The fourth-order valence-corrected chi connectivity index (χ4v) is 4.65. The first-order valence-electron chi connectivity index (χ1n) is 10.1. The van der Waals surface area contributed by atoms with Crippen LogP contribution >= 0.6 is 27.7 Å². The van der Waals surface area contributed by atoms with E-state index in [9.17, 15) is 9.18 Å². The van der Waals surface area contributed by atoms with Crippen molar-refractivity contribution in [1.29, 1.82) is 5.41 Å². The molecule has 7 nitrogen and oxygen atoms in total. The molecule has 0 bridgehead atoms. The zero-order chi connectivity index (χ0) is 23.7. The molecule has 0 atom stereocenters. The van der Waals surface area contributed by atoms with E-state index in [4.69, 9.17) is 10.1 Å². The predicted molar refractivity (Wildman–Crippen MR) is 133 cm³/mol. The average Bonchev–Trinajstić information content (AvgIpc) is 3.27. The Balaban J connectivity index is 1.36. The summed E-state index contributed by atoms with van der Waals surface area (Å²) in [4.78, 5) is 20.9. The Morgan fingerprint density at radius 1 is 1.18 bits per heavy atom. The molecule has 34 heavy (non-hydrogen) atoms. The van der Waals surface area contributed by atoms with Gasteiger partial charge < -0.3 is 4.74 Å². The van der Waals surface area contributed by atoms with E-state index in [0.717, 1.165) is 5.56 Å². The number of ether oxygens (including phenoxy) is 1. The van der Waals surface area contributed by atoms with Crippen LogP contribution in [0.4, 0.5) is 4.39 Å². The van der Waals surface area contributed by atoms with Crippen LogP contribution in [0.15, 0.2) is 87.1 Å². The number of benzene rings is 2. The molecule has 0 spiro atoms. The smallest absolute Gasteiger partial charge is 0.283 e. The zero-order valence-corrected chi connectivity index (χ0v) is 19.8. The molecule has 1 aromatic heterocycles. The highest BCUT2D eigenvalue weighted by Crippen LogP contribution is 2.32. The maximum absolute atomic E-state index is 13.8. The fraction of sp³-hybridized carbons (Fsp3) is 0.0417. The normalized spacial score (nSPS) is 16.4. The number of pyridine rings is 1. The quantitative estimate of drug-likeness (QED) is 0.451. The highest BCUT2D eigenvalue weighted by molar-refractivity contribution is 9.10. The first kappa shape index (κ1) is 22.2. The van der Waals surface area contributed by atoms with Gasteiger partial charge in [-0.25, -0.2) is 4.39 Å². The van der Waals surface area contributed by atoms with E-state index in [1.807, 2.05) is 6.07 Å². The van der Waals surface area contributed by atoms with Gasteiger partial charge in [0, 0.05) is 23.5 Å². The molecule has 0 saturated carbocycles. The van der Waals surface area contributed by atoms with E-state index in [-0.39, 0.29) is 23.8 Å². The molecule has 1 amide bonds. The van der Waals surface area contributed by atoms with Gasteiger partial charge in [-0.1, -0.05) is 24.3 Å². The van der Waals surface area contributed by atoms with Crippen molar-refractivity contribution in [1.82, 2.24) is 9.99 Å². The van der Waals surface area contributed by atoms with E-state index in [1.165, 1.54) is 22.8 Å². The highest BCUT2D eigenvalue weighted by atomic mass is 79.9. The second kappa shape index (κ2) is 9.32. The van der Waals surface area contributed by atoms with Crippen LogP contribution in [0.25, 0.3) is 6.08 Å². The number of carbonyl (C=O) groups excluding carboxylic acids is 1. The molecule has 10 heteroatoms. The Kier molecular flexibility index (Phi) is 6.08. The number of aromatic nitrogens is 1. The van der Waals surface area contributed by atoms with Gasteiger partial charge in [0.1, 0.15) is 23.2 Å². The van der Waals surface area contributed by atoms with E-state index in [1.54, 1.807) is 60.9 Å². The summed E-state index contributed by atoms with van der Waals surface area (Å²) in [5, 5.41) is 15.3. The lowest BCUT2D eigenvalue weighted by atomic mass is 10.1. The summed E-state index contributed by atoms with van der Waals surface area (Å²) in [7, 11) is 0. The molecule has 3 heterocycles. The average molecular weight is 536 g/mol. The van der Waals surface area contributed by atoms with Gasteiger partial charge in [0.15, 0.2) is 5.84 Å². The Morgan fingerprint density at radius 3 is 2.79 bits per heavy atom. The third-order valence-corrected chi connectivity index (χ3v) is 6.55. The van der Waals surface area contributed by atoms with Crippen LogP contribution in [0.1, 0.15) is 16.7 Å². The van der Waals surface area contributed by atoms with E-state index in [2.05, 4.69) is 31.0 Å². The number of nitrogens with zero attached hydrogens (tertiary/aromatic N) is 4. The molecule has 0 saturated heterocycles. The lowest BCUT2D eigenvalue weighted by Gasteiger charge is -2.20. The minimum Gasteiger partial charge on any atom is -0.488 e. The molecule has 2 aromatic carbocycles. The van der Waals surface area contributed by atoms with Gasteiger partial charge >= 0.3 is 0 Å². The van der Waals surface area contributed by atoms with Crippen molar-refractivity contribution >= 4 is 55.7 Å². The van der Waals surface area contributed by atoms with Crippen molar-refractivity contribution in [3.63, 3.8) is 0 Å². The van der Waals surface area contributed by atoms with Gasteiger partial charge in [-0.05, 0) is 69.7 Å². The molecule has 2 aliphatic rings. The van der Waals surface area contributed by atoms with Crippen LogP contribution in [0.3, 0.4) is 0 Å². The molecule has 5 rings (SSSR count). The van der Waals surface area contributed by atoms with Gasteiger partial charge in [-0.2, -0.15) is 15.1 Å². The zero-order valence-electron chi connectivity index (χ0n) is 17.4. The van der Waals surface area contributed by atoms with Crippen molar-refractivity contribution in [2.75, 3.05) is 0 Å². The summed E-state index contributed by atoms with van der Waals surface area (Å²) < 4.78 is 20.2. The minimum atomic E-state index is -0.512. The molecular weight excluding hydrogens is 521 g/mol. The number of amidine groups is 2. The van der Waals surface area contributed by atoms with Crippen molar-refractivity contribution in [3.8, 4) is 5.75 Å². The third-order valence-electron chi connectivity index (χ3n) is 4.97. The summed E-state index contributed by atoms with van der Waals surface area (Å²) >= 11 is 4.68. The van der Waals surface area contributed by atoms with Crippen LogP contribution in [-0.2, 0) is 11.4 Å². The lowest BCUT2D eigenvalue weighted by Crippen LogP contribution is -2.35. The van der Waals surface area contributed by atoms with Gasteiger partial charge in [0.05, 0.1) is 10.0 Å². The predicted octanol–water partition coefficient (Wildman–Crippen LogP) is 5.23. The number of halogens is 2. The number of carbonyl (C=O) groups is 1.